The first kappa shape index (κ1) is 15.2. The molecule has 3 rings (SSSR count). The van der Waals surface area contributed by atoms with E-state index >= 15 is 0 Å². The van der Waals surface area contributed by atoms with E-state index in [0.29, 0.717) is 18.3 Å². The predicted molar refractivity (Wildman–Crippen MR) is 85.6 cm³/mol. The van der Waals surface area contributed by atoms with Crippen molar-refractivity contribution in [2.24, 2.45) is 5.92 Å². The van der Waals surface area contributed by atoms with Crippen LogP contribution in [-0.4, -0.2) is 34.0 Å². The predicted octanol–water partition coefficient (Wildman–Crippen LogP) is 3.55. The minimum absolute atomic E-state index is 0.0859. The topological polar surface area (TPSA) is 59.2 Å². The Morgan fingerprint density at radius 1 is 1.59 bits per heavy atom. The summed E-state index contributed by atoms with van der Waals surface area (Å²) in [6, 6.07) is 1.99. The molecule has 0 N–H and O–H groups in total. The molecule has 0 radical (unpaired) electrons. The van der Waals surface area contributed by atoms with Crippen LogP contribution in [0.3, 0.4) is 0 Å². The first-order valence-corrected chi connectivity index (χ1v) is 8.78. The average molecular weight is 319 g/mol. The van der Waals surface area contributed by atoms with Crippen LogP contribution in [0, 0.1) is 5.92 Å². The quantitative estimate of drug-likeness (QED) is 0.864. The van der Waals surface area contributed by atoms with Crippen molar-refractivity contribution in [1.82, 2.24) is 15.0 Å². The van der Waals surface area contributed by atoms with Gasteiger partial charge in [-0.1, -0.05) is 19.0 Å². The summed E-state index contributed by atoms with van der Waals surface area (Å²) in [6.45, 7) is 5.57. The van der Waals surface area contributed by atoms with Crippen molar-refractivity contribution in [3.63, 3.8) is 0 Å². The summed E-state index contributed by atoms with van der Waals surface area (Å²) in [7, 11) is 0. The molecule has 0 unspecified atom stereocenters. The summed E-state index contributed by atoms with van der Waals surface area (Å²) < 4.78 is 5.45. The molecule has 2 aromatic heterocycles. The lowest BCUT2D eigenvalue weighted by Gasteiger charge is -2.32. The fourth-order valence-corrected chi connectivity index (χ4v) is 3.41. The number of carbonyl (C=O) groups is 1. The van der Waals surface area contributed by atoms with E-state index in [1.54, 1.807) is 11.3 Å². The lowest BCUT2D eigenvalue weighted by atomic mass is 9.96. The molecule has 0 spiro atoms. The third-order valence-corrected chi connectivity index (χ3v) is 5.02. The fourth-order valence-electron chi connectivity index (χ4n) is 2.78. The molecule has 6 heteroatoms. The van der Waals surface area contributed by atoms with Crippen molar-refractivity contribution in [3.8, 4) is 11.4 Å². The van der Waals surface area contributed by atoms with Gasteiger partial charge in [-0.15, -0.1) is 0 Å². The molecule has 1 fully saturated rings. The summed E-state index contributed by atoms with van der Waals surface area (Å²) >= 11 is 1.61. The minimum Gasteiger partial charge on any atom is -0.342 e. The number of thiophene rings is 1. The molecule has 1 saturated heterocycles. The van der Waals surface area contributed by atoms with Crippen LogP contribution in [0.15, 0.2) is 21.3 Å². The van der Waals surface area contributed by atoms with E-state index in [1.807, 2.05) is 28.7 Å². The summed E-state index contributed by atoms with van der Waals surface area (Å²) in [6.07, 6.45) is 2.86. The highest BCUT2D eigenvalue weighted by Crippen LogP contribution is 2.29. The van der Waals surface area contributed by atoms with Crippen LogP contribution in [0.5, 0.6) is 0 Å². The molecule has 5 nitrogen and oxygen atoms in total. The molecule has 1 aliphatic rings. The standard InChI is InChI=1S/C16H21N3O2S/c1-3-11(2)16(20)19-7-4-5-12(9-19)15-17-14(18-21-15)13-6-8-22-10-13/h6,8,10-12H,3-5,7,9H2,1-2H3/t11-,12+/m1/s1. The van der Waals surface area contributed by atoms with Gasteiger partial charge in [0.05, 0.1) is 5.92 Å². The van der Waals surface area contributed by atoms with Crippen LogP contribution in [0.4, 0.5) is 0 Å². The number of aromatic nitrogens is 2. The molecule has 0 saturated carbocycles. The summed E-state index contributed by atoms with van der Waals surface area (Å²) in [5, 5.41) is 8.08. The Balaban J connectivity index is 1.71. The molecular formula is C16H21N3O2S. The number of nitrogens with zero attached hydrogens (tertiary/aromatic N) is 3. The molecule has 0 aromatic carbocycles. The Kier molecular flexibility index (Phi) is 4.57. The molecule has 1 amide bonds. The van der Waals surface area contributed by atoms with Crippen LogP contribution < -0.4 is 0 Å². The van der Waals surface area contributed by atoms with E-state index in [4.69, 9.17) is 4.52 Å². The monoisotopic (exact) mass is 319 g/mol. The van der Waals surface area contributed by atoms with Crippen molar-refractivity contribution in [2.75, 3.05) is 13.1 Å². The molecular weight excluding hydrogens is 298 g/mol. The lowest BCUT2D eigenvalue weighted by Crippen LogP contribution is -2.41. The van der Waals surface area contributed by atoms with Crippen molar-refractivity contribution < 1.29 is 9.32 Å². The smallest absolute Gasteiger partial charge is 0.231 e. The summed E-state index contributed by atoms with van der Waals surface area (Å²) in [4.78, 5) is 18.8. The van der Waals surface area contributed by atoms with Gasteiger partial charge in [-0.05, 0) is 30.7 Å². The first-order valence-electron chi connectivity index (χ1n) is 7.84. The number of hydrogen-bond donors (Lipinski definition) is 0. The van der Waals surface area contributed by atoms with Crippen molar-refractivity contribution in [2.45, 2.75) is 39.0 Å². The van der Waals surface area contributed by atoms with Crippen LogP contribution in [0.25, 0.3) is 11.4 Å². The van der Waals surface area contributed by atoms with Gasteiger partial charge in [0.2, 0.25) is 17.6 Å². The highest BCUT2D eigenvalue weighted by atomic mass is 32.1. The van der Waals surface area contributed by atoms with Gasteiger partial charge in [-0.3, -0.25) is 4.79 Å². The third kappa shape index (κ3) is 3.06. The first-order chi connectivity index (χ1) is 10.7. The number of carbonyl (C=O) groups excluding carboxylic acids is 1. The van der Waals surface area contributed by atoms with E-state index in [1.165, 1.54) is 0 Å². The Morgan fingerprint density at radius 3 is 3.18 bits per heavy atom. The second kappa shape index (κ2) is 6.60. The van der Waals surface area contributed by atoms with E-state index in [9.17, 15) is 4.79 Å². The number of amides is 1. The SMILES string of the molecule is CC[C@@H](C)C(=O)N1CCC[C@H](c2nc(-c3ccsc3)no2)C1. The van der Waals surface area contributed by atoms with E-state index in [2.05, 4.69) is 17.1 Å². The number of hydrogen-bond acceptors (Lipinski definition) is 5. The molecule has 1 aliphatic heterocycles. The van der Waals surface area contributed by atoms with Crippen molar-refractivity contribution in [1.29, 1.82) is 0 Å². The van der Waals surface area contributed by atoms with E-state index < -0.39 is 0 Å². The van der Waals surface area contributed by atoms with Gasteiger partial charge < -0.3 is 9.42 Å². The van der Waals surface area contributed by atoms with Crippen LogP contribution >= 0.6 is 11.3 Å². The summed E-state index contributed by atoms with van der Waals surface area (Å²) in [5.74, 6) is 1.78. The number of likely N-dealkylation sites (tertiary alicyclic amines) is 1. The number of piperidine rings is 1. The second-order valence-electron chi connectivity index (χ2n) is 5.90. The maximum Gasteiger partial charge on any atom is 0.231 e. The van der Waals surface area contributed by atoms with Gasteiger partial charge in [-0.25, -0.2) is 0 Å². The average Bonchev–Trinajstić information content (AvgIpc) is 3.24. The molecule has 2 aromatic rings. The van der Waals surface area contributed by atoms with Gasteiger partial charge in [0.25, 0.3) is 0 Å². The second-order valence-corrected chi connectivity index (χ2v) is 6.68. The normalized spacial score (nSPS) is 20.1. The Labute approximate surface area is 134 Å². The van der Waals surface area contributed by atoms with Crippen LogP contribution in [0.2, 0.25) is 0 Å². The lowest BCUT2D eigenvalue weighted by molar-refractivity contribution is -0.136. The zero-order chi connectivity index (χ0) is 15.5. The Morgan fingerprint density at radius 2 is 2.45 bits per heavy atom. The zero-order valence-corrected chi connectivity index (χ0v) is 13.8. The van der Waals surface area contributed by atoms with Crippen molar-refractivity contribution in [3.05, 3.63) is 22.7 Å². The molecule has 0 aliphatic carbocycles. The number of rotatable bonds is 4. The zero-order valence-electron chi connectivity index (χ0n) is 13.0. The molecule has 0 bridgehead atoms. The van der Waals surface area contributed by atoms with Crippen molar-refractivity contribution >= 4 is 17.2 Å². The Bertz CT molecular complexity index is 623. The largest absolute Gasteiger partial charge is 0.342 e. The molecule has 3 heterocycles. The van der Waals surface area contributed by atoms with Gasteiger partial charge in [0.1, 0.15) is 0 Å². The maximum atomic E-state index is 12.4. The van der Waals surface area contributed by atoms with Gasteiger partial charge >= 0.3 is 0 Å². The third-order valence-electron chi connectivity index (χ3n) is 4.34. The highest BCUT2D eigenvalue weighted by Gasteiger charge is 2.30. The fraction of sp³-hybridized carbons (Fsp3) is 0.562. The maximum absolute atomic E-state index is 12.4. The van der Waals surface area contributed by atoms with Gasteiger partial charge in [0.15, 0.2) is 0 Å². The van der Waals surface area contributed by atoms with Gasteiger partial charge in [0, 0.05) is 30.0 Å². The minimum atomic E-state index is 0.0859. The van der Waals surface area contributed by atoms with Gasteiger partial charge in [-0.2, -0.15) is 16.3 Å². The summed E-state index contributed by atoms with van der Waals surface area (Å²) in [5.41, 5.74) is 0.989. The highest BCUT2D eigenvalue weighted by molar-refractivity contribution is 7.08. The van der Waals surface area contributed by atoms with E-state index in [-0.39, 0.29) is 17.7 Å². The molecule has 22 heavy (non-hydrogen) atoms. The molecule has 118 valence electrons. The van der Waals surface area contributed by atoms with Crippen LogP contribution in [0.1, 0.15) is 44.9 Å². The van der Waals surface area contributed by atoms with Crippen LogP contribution in [-0.2, 0) is 4.79 Å². The van der Waals surface area contributed by atoms with E-state index in [0.717, 1.165) is 31.4 Å². The Hall–Kier alpha value is -1.69. The molecule has 2 atom stereocenters.